The Kier molecular flexibility index (Phi) is 3.12. The van der Waals surface area contributed by atoms with Crippen LogP contribution >= 0.6 is 27.5 Å². The molecule has 0 saturated carbocycles. The lowest BCUT2D eigenvalue weighted by molar-refractivity contribution is 0.112. The van der Waals surface area contributed by atoms with E-state index in [0.717, 1.165) is 0 Å². The first kappa shape index (κ1) is 9.55. The molecule has 0 N–H and O–H groups in total. The molecule has 2 nitrogen and oxygen atoms in total. The second-order valence-corrected chi connectivity index (χ2v) is 3.38. The maximum atomic E-state index is 10.5. The third kappa shape index (κ3) is 1.79. The van der Waals surface area contributed by atoms with Crippen LogP contribution in [0.3, 0.4) is 0 Å². The Balaban J connectivity index is 3.27. The number of benzene rings is 1. The van der Waals surface area contributed by atoms with E-state index >= 15 is 0 Å². The molecule has 64 valence electrons. The zero-order valence-corrected chi connectivity index (χ0v) is 8.65. The van der Waals surface area contributed by atoms with Gasteiger partial charge in [-0.2, -0.15) is 0 Å². The highest BCUT2D eigenvalue weighted by Gasteiger charge is 2.06. The van der Waals surface area contributed by atoms with Crippen molar-refractivity contribution in [1.29, 1.82) is 0 Å². The molecule has 1 aromatic carbocycles. The topological polar surface area (TPSA) is 26.3 Å². The van der Waals surface area contributed by atoms with E-state index in [4.69, 9.17) is 16.3 Å². The van der Waals surface area contributed by atoms with Gasteiger partial charge in [0.25, 0.3) is 0 Å². The largest absolute Gasteiger partial charge is 0.497 e. The van der Waals surface area contributed by atoms with Crippen molar-refractivity contribution < 1.29 is 9.53 Å². The highest BCUT2D eigenvalue weighted by Crippen LogP contribution is 2.28. The summed E-state index contributed by atoms with van der Waals surface area (Å²) in [5.74, 6) is 0.623. The molecule has 1 rings (SSSR count). The van der Waals surface area contributed by atoms with Gasteiger partial charge in [0.1, 0.15) is 5.75 Å². The van der Waals surface area contributed by atoms with Gasteiger partial charge in [0, 0.05) is 10.0 Å². The fourth-order valence-corrected chi connectivity index (χ4v) is 1.69. The highest BCUT2D eigenvalue weighted by atomic mass is 79.9. The van der Waals surface area contributed by atoms with Crippen molar-refractivity contribution >= 4 is 33.8 Å². The second kappa shape index (κ2) is 3.92. The summed E-state index contributed by atoms with van der Waals surface area (Å²) in [5.41, 5.74) is 0.442. The maximum absolute atomic E-state index is 10.5. The number of carbonyl (C=O) groups is 1. The fourth-order valence-electron chi connectivity index (χ4n) is 0.791. The van der Waals surface area contributed by atoms with E-state index in [9.17, 15) is 4.79 Å². The van der Waals surface area contributed by atoms with E-state index in [1.54, 1.807) is 19.2 Å². The van der Waals surface area contributed by atoms with E-state index < -0.39 is 0 Å². The van der Waals surface area contributed by atoms with Gasteiger partial charge in [-0.05, 0) is 28.1 Å². The molecule has 0 aliphatic rings. The lowest BCUT2D eigenvalue weighted by Gasteiger charge is -2.03. The average Bonchev–Trinajstić information content (AvgIpc) is 2.03. The van der Waals surface area contributed by atoms with Crippen LogP contribution in [0.15, 0.2) is 16.6 Å². The van der Waals surface area contributed by atoms with Crippen LogP contribution in [0.2, 0.25) is 5.02 Å². The number of hydrogen-bond donors (Lipinski definition) is 0. The number of carbonyl (C=O) groups excluding carboxylic acids is 1. The summed E-state index contributed by atoms with van der Waals surface area (Å²) in [7, 11) is 1.54. The number of ether oxygens (including phenoxy) is 1. The maximum Gasteiger partial charge on any atom is 0.152 e. The van der Waals surface area contributed by atoms with Crippen LogP contribution in [0.25, 0.3) is 0 Å². The molecule has 0 aliphatic heterocycles. The third-order valence-electron chi connectivity index (χ3n) is 1.41. The quantitative estimate of drug-likeness (QED) is 0.753. The van der Waals surface area contributed by atoms with Crippen molar-refractivity contribution in [3.05, 3.63) is 27.2 Å². The standard InChI is InChI=1S/C8H6BrClO2/c1-12-5-2-7(9)6(4-11)8(10)3-5/h2-4H,1H3. The molecule has 0 saturated heterocycles. The van der Waals surface area contributed by atoms with Gasteiger partial charge in [-0.3, -0.25) is 4.79 Å². The molecule has 0 aromatic heterocycles. The van der Waals surface area contributed by atoms with Gasteiger partial charge in [-0.1, -0.05) is 11.6 Å². The molecular formula is C8H6BrClO2. The van der Waals surface area contributed by atoms with Crippen LogP contribution in [0, 0.1) is 0 Å². The molecule has 4 heteroatoms. The molecule has 0 atom stereocenters. The van der Waals surface area contributed by atoms with Crippen molar-refractivity contribution in [2.75, 3.05) is 7.11 Å². The normalized spacial score (nSPS) is 9.58. The van der Waals surface area contributed by atoms with Crippen molar-refractivity contribution in [3.63, 3.8) is 0 Å². The molecule has 0 radical (unpaired) electrons. The number of aldehydes is 1. The number of halogens is 2. The molecule has 0 amide bonds. The first-order valence-corrected chi connectivity index (χ1v) is 4.34. The Bertz CT molecular complexity index is 289. The Labute approximate surface area is 83.6 Å². The first-order valence-electron chi connectivity index (χ1n) is 3.17. The molecule has 1 aromatic rings. The smallest absolute Gasteiger partial charge is 0.152 e. The molecular weight excluding hydrogens is 243 g/mol. The van der Waals surface area contributed by atoms with Crippen molar-refractivity contribution in [3.8, 4) is 5.75 Å². The minimum absolute atomic E-state index is 0.385. The predicted molar refractivity (Wildman–Crippen MR) is 51.1 cm³/mol. The first-order chi connectivity index (χ1) is 5.69. The number of methoxy groups -OCH3 is 1. The zero-order chi connectivity index (χ0) is 9.14. The van der Waals surface area contributed by atoms with Gasteiger partial charge in [0.15, 0.2) is 6.29 Å². The Morgan fingerprint density at radius 1 is 1.58 bits per heavy atom. The van der Waals surface area contributed by atoms with Crippen molar-refractivity contribution in [2.24, 2.45) is 0 Å². The molecule has 0 bridgehead atoms. The van der Waals surface area contributed by atoms with E-state index in [0.29, 0.717) is 27.1 Å². The average molecular weight is 249 g/mol. The molecule has 0 heterocycles. The zero-order valence-electron chi connectivity index (χ0n) is 6.30. The highest BCUT2D eigenvalue weighted by molar-refractivity contribution is 9.10. The van der Waals surface area contributed by atoms with Gasteiger partial charge in [0.05, 0.1) is 12.1 Å². The Morgan fingerprint density at radius 2 is 2.25 bits per heavy atom. The summed E-state index contributed by atoms with van der Waals surface area (Å²) in [6, 6.07) is 3.28. The predicted octanol–water partition coefficient (Wildman–Crippen LogP) is 2.92. The Morgan fingerprint density at radius 3 is 2.67 bits per heavy atom. The molecule has 0 aliphatic carbocycles. The van der Waals surface area contributed by atoms with Crippen LogP contribution < -0.4 is 4.74 Å². The minimum atomic E-state index is 0.385. The van der Waals surface area contributed by atoms with E-state index in [1.807, 2.05) is 0 Å². The lowest BCUT2D eigenvalue weighted by Crippen LogP contribution is -1.88. The molecule has 0 unspecified atom stereocenters. The monoisotopic (exact) mass is 248 g/mol. The van der Waals surface area contributed by atoms with Gasteiger partial charge in [-0.15, -0.1) is 0 Å². The van der Waals surface area contributed by atoms with Crippen LogP contribution in [0.1, 0.15) is 10.4 Å². The summed E-state index contributed by atoms with van der Waals surface area (Å²) < 4.78 is 5.59. The summed E-state index contributed by atoms with van der Waals surface area (Å²) in [5, 5.41) is 0.385. The van der Waals surface area contributed by atoms with Gasteiger partial charge >= 0.3 is 0 Å². The lowest BCUT2D eigenvalue weighted by atomic mass is 10.2. The number of rotatable bonds is 2. The van der Waals surface area contributed by atoms with E-state index in [1.165, 1.54) is 0 Å². The van der Waals surface area contributed by atoms with Gasteiger partial charge in [0.2, 0.25) is 0 Å². The fraction of sp³-hybridized carbons (Fsp3) is 0.125. The second-order valence-electron chi connectivity index (χ2n) is 2.12. The van der Waals surface area contributed by atoms with Crippen LogP contribution in [-0.4, -0.2) is 13.4 Å². The third-order valence-corrected chi connectivity index (χ3v) is 2.37. The summed E-state index contributed by atoms with van der Waals surface area (Å²) >= 11 is 8.98. The summed E-state index contributed by atoms with van der Waals surface area (Å²) in [6.45, 7) is 0. The van der Waals surface area contributed by atoms with E-state index in [2.05, 4.69) is 15.9 Å². The van der Waals surface area contributed by atoms with Crippen molar-refractivity contribution in [2.45, 2.75) is 0 Å². The summed E-state index contributed by atoms with van der Waals surface area (Å²) in [4.78, 5) is 10.5. The molecule has 12 heavy (non-hydrogen) atoms. The minimum Gasteiger partial charge on any atom is -0.497 e. The number of hydrogen-bond acceptors (Lipinski definition) is 2. The Hall–Kier alpha value is -0.540. The molecule has 0 fully saturated rings. The van der Waals surface area contributed by atoms with E-state index in [-0.39, 0.29) is 0 Å². The summed E-state index contributed by atoms with van der Waals surface area (Å²) in [6.07, 6.45) is 0.700. The van der Waals surface area contributed by atoms with Gasteiger partial charge < -0.3 is 4.74 Å². The molecule has 0 spiro atoms. The van der Waals surface area contributed by atoms with Crippen LogP contribution in [-0.2, 0) is 0 Å². The van der Waals surface area contributed by atoms with Crippen LogP contribution in [0.5, 0.6) is 5.75 Å². The SMILES string of the molecule is COc1cc(Cl)c(C=O)c(Br)c1. The van der Waals surface area contributed by atoms with Gasteiger partial charge in [-0.25, -0.2) is 0 Å². The van der Waals surface area contributed by atoms with Crippen LogP contribution in [0.4, 0.5) is 0 Å². The van der Waals surface area contributed by atoms with Crippen molar-refractivity contribution in [1.82, 2.24) is 0 Å².